The maximum Gasteiger partial charge on any atom is 0.391 e. The lowest BCUT2D eigenvalue weighted by Crippen LogP contribution is -2.24. The molecule has 1 unspecified atom stereocenters. The predicted molar refractivity (Wildman–Crippen MR) is 56.8 cm³/mol. The maximum absolute atomic E-state index is 12.1. The second kappa shape index (κ2) is 5.07. The minimum Gasteiger partial charge on any atom is -0.481 e. The summed E-state index contributed by atoms with van der Waals surface area (Å²) in [6.45, 7) is 1.40. The van der Waals surface area contributed by atoms with Gasteiger partial charge in [-0.15, -0.1) is 0 Å². The van der Waals surface area contributed by atoms with E-state index in [1.54, 1.807) is 0 Å². The van der Waals surface area contributed by atoms with E-state index in [1.165, 1.54) is 20.1 Å². The molecule has 0 amide bonds. The highest BCUT2D eigenvalue weighted by Crippen LogP contribution is 2.23. The molecule has 0 radical (unpaired) electrons. The van der Waals surface area contributed by atoms with E-state index in [0.29, 0.717) is 0 Å². The highest BCUT2D eigenvalue weighted by molar-refractivity contribution is 5.43. The van der Waals surface area contributed by atoms with Crippen molar-refractivity contribution in [2.24, 2.45) is 0 Å². The predicted octanol–water partition coefficient (Wildman–Crippen LogP) is 1.82. The molecule has 0 aliphatic carbocycles. The number of ether oxygens (including phenoxy) is 1. The molecule has 0 aliphatic rings. The smallest absolute Gasteiger partial charge is 0.391 e. The summed E-state index contributed by atoms with van der Waals surface area (Å²) in [4.78, 5) is 7.48. The Morgan fingerprint density at radius 3 is 2.65 bits per heavy atom. The van der Waals surface area contributed by atoms with E-state index in [2.05, 4.69) is 15.3 Å². The summed E-state index contributed by atoms with van der Waals surface area (Å²) in [5.74, 6) is 0.330. The van der Waals surface area contributed by atoms with Gasteiger partial charge in [-0.25, -0.2) is 0 Å². The van der Waals surface area contributed by atoms with Crippen molar-refractivity contribution in [3.63, 3.8) is 0 Å². The van der Waals surface area contributed by atoms with Crippen LogP contribution in [0.1, 0.15) is 13.3 Å². The van der Waals surface area contributed by atoms with Gasteiger partial charge in [0.2, 0.25) is 11.8 Å². The Balaban J connectivity index is 2.71. The first-order valence-corrected chi connectivity index (χ1v) is 4.82. The second-order valence-electron chi connectivity index (χ2n) is 3.52. The fraction of sp³-hybridized carbons (Fsp3) is 0.556. The van der Waals surface area contributed by atoms with Gasteiger partial charge in [-0.1, -0.05) is 0 Å². The van der Waals surface area contributed by atoms with Gasteiger partial charge in [-0.3, -0.25) is 0 Å². The maximum atomic E-state index is 12.1. The van der Waals surface area contributed by atoms with Gasteiger partial charge in [0.25, 0.3) is 0 Å². The normalized spacial score (nSPS) is 13.2. The second-order valence-corrected chi connectivity index (χ2v) is 3.52. The van der Waals surface area contributed by atoms with Crippen molar-refractivity contribution in [1.82, 2.24) is 9.97 Å². The van der Waals surface area contributed by atoms with E-state index in [-0.39, 0.29) is 17.6 Å². The van der Waals surface area contributed by atoms with Crippen LogP contribution in [0.4, 0.5) is 24.9 Å². The molecular formula is C9H13F3N4O. The van der Waals surface area contributed by atoms with Crippen molar-refractivity contribution >= 4 is 11.8 Å². The van der Waals surface area contributed by atoms with Crippen molar-refractivity contribution in [2.75, 3.05) is 18.2 Å². The summed E-state index contributed by atoms with van der Waals surface area (Å²) in [5, 5.41) is 2.58. The third-order valence-electron chi connectivity index (χ3n) is 1.86. The Bertz CT molecular complexity index is 383. The Morgan fingerprint density at radius 2 is 2.12 bits per heavy atom. The van der Waals surface area contributed by atoms with Crippen LogP contribution in [0.3, 0.4) is 0 Å². The van der Waals surface area contributed by atoms with Crippen molar-refractivity contribution in [3.05, 3.63) is 6.07 Å². The molecule has 0 saturated heterocycles. The van der Waals surface area contributed by atoms with Crippen molar-refractivity contribution in [2.45, 2.75) is 25.6 Å². The third kappa shape index (κ3) is 4.75. The van der Waals surface area contributed by atoms with Gasteiger partial charge >= 0.3 is 6.18 Å². The average Bonchev–Trinajstić information content (AvgIpc) is 2.13. The van der Waals surface area contributed by atoms with Crippen LogP contribution in [0.15, 0.2) is 6.07 Å². The summed E-state index contributed by atoms with van der Waals surface area (Å²) < 4.78 is 41.2. The van der Waals surface area contributed by atoms with Crippen LogP contribution >= 0.6 is 0 Å². The minimum absolute atomic E-state index is 0.0638. The number of nitrogen functional groups attached to an aromatic ring is 1. The summed E-state index contributed by atoms with van der Waals surface area (Å²) in [6, 6.07) is 0.567. The first-order chi connectivity index (χ1) is 7.80. The number of halogens is 3. The van der Waals surface area contributed by atoms with Gasteiger partial charge in [0.15, 0.2) is 0 Å². The van der Waals surface area contributed by atoms with E-state index >= 15 is 0 Å². The van der Waals surface area contributed by atoms with Gasteiger partial charge in [-0.2, -0.15) is 23.1 Å². The van der Waals surface area contributed by atoms with E-state index in [1.807, 2.05) is 0 Å². The Kier molecular flexibility index (Phi) is 3.97. The lowest BCUT2D eigenvalue weighted by Gasteiger charge is -2.16. The molecule has 1 heterocycles. The number of hydrogen-bond acceptors (Lipinski definition) is 5. The molecule has 1 aromatic heterocycles. The molecule has 0 aliphatic heterocycles. The van der Waals surface area contributed by atoms with Crippen molar-refractivity contribution < 1.29 is 17.9 Å². The zero-order chi connectivity index (χ0) is 13.1. The van der Waals surface area contributed by atoms with Crippen molar-refractivity contribution in [3.8, 4) is 5.88 Å². The Labute approximate surface area is 96.2 Å². The van der Waals surface area contributed by atoms with Gasteiger partial charge in [0.05, 0.1) is 13.5 Å². The van der Waals surface area contributed by atoms with Crippen LogP contribution < -0.4 is 15.8 Å². The first kappa shape index (κ1) is 13.3. The van der Waals surface area contributed by atoms with Crippen LogP contribution in [0, 0.1) is 0 Å². The summed E-state index contributed by atoms with van der Waals surface area (Å²) in [7, 11) is 1.38. The molecule has 8 heteroatoms. The monoisotopic (exact) mass is 250 g/mol. The highest BCUT2D eigenvalue weighted by atomic mass is 19.4. The van der Waals surface area contributed by atoms with E-state index in [9.17, 15) is 13.2 Å². The zero-order valence-corrected chi connectivity index (χ0v) is 9.38. The molecule has 0 saturated carbocycles. The number of nitrogens with one attached hydrogen (secondary N) is 1. The lowest BCUT2D eigenvalue weighted by atomic mass is 10.2. The number of anilines is 2. The quantitative estimate of drug-likeness (QED) is 0.852. The zero-order valence-electron chi connectivity index (χ0n) is 9.38. The number of rotatable bonds is 4. The van der Waals surface area contributed by atoms with Crippen LogP contribution in [0.2, 0.25) is 0 Å². The third-order valence-corrected chi connectivity index (χ3v) is 1.86. The van der Waals surface area contributed by atoms with Crippen LogP contribution in [-0.2, 0) is 0 Å². The molecule has 3 N–H and O–H groups in total. The molecule has 0 fully saturated rings. The van der Waals surface area contributed by atoms with E-state index in [0.717, 1.165) is 0 Å². The summed E-state index contributed by atoms with van der Waals surface area (Å²) in [5.41, 5.74) is 5.37. The molecule has 0 spiro atoms. The van der Waals surface area contributed by atoms with Crippen LogP contribution in [0.5, 0.6) is 5.88 Å². The summed E-state index contributed by atoms with van der Waals surface area (Å²) >= 11 is 0. The summed E-state index contributed by atoms with van der Waals surface area (Å²) in [6.07, 6.45) is -5.19. The van der Waals surface area contributed by atoms with Gasteiger partial charge < -0.3 is 15.8 Å². The Hall–Kier alpha value is -1.73. The molecule has 1 aromatic rings. The topological polar surface area (TPSA) is 73.1 Å². The minimum atomic E-state index is -4.23. The van der Waals surface area contributed by atoms with E-state index in [4.69, 9.17) is 10.5 Å². The number of alkyl halides is 3. The molecule has 96 valence electrons. The molecule has 1 rings (SSSR count). The number of hydrogen-bond donors (Lipinski definition) is 2. The average molecular weight is 250 g/mol. The van der Waals surface area contributed by atoms with Crippen molar-refractivity contribution in [1.29, 1.82) is 0 Å². The number of aromatic nitrogens is 2. The SMILES string of the molecule is COc1cc(NC(C)CC(F)(F)F)nc(N)n1. The molecular weight excluding hydrogens is 237 g/mol. The molecule has 5 nitrogen and oxygen atoms in total. The molecule has 17 heavy (non-hydrogen) atoms. The van der Waals surface area contributed by atoms with Gasteiger partial charge in [0.1, 0.15) is 5.82 Å². The lowest BCUT2D eigenvalue weighted by molar-refractivity contribution is -0.136. The molecule has 0 aromatic carbocycles. The number of methoxy groups -OCH3 is 1. The first-order valence-electron chi connectivity index (χ1n) is 4.82. The van der Waals surface area contributed by atoms with E-state index < -0.39 is 18.6 Å². The highest BCUT2D eigenvalue weighted by Gasteiger charge is 2.30. The molecule has 1 atom stereocenters. The number of nitrogens with zero attached hydrogens (tertiary/aromatic N) is 2. The van der Waals surface area contributed by atoms with Crippen LogP contribution in [0.25, 0.3) is 0 Å². The van der Waals surface area contributed by atoms with Gasteiger partial charge in [-0.05, 0) is 6.92 Å². The molecule has 0 bridgehead atoms. The van der Waals surface area contributed by atoms with Gasteiger partial charge in [0, 0.05) is 12.1 Å². The Morgan fingerprint density at radius 1 is 1.47 bits per heavy atom. The largest absolute Gasteiger partial charge is 0.481 e. The number of nitrogens with two attached hydrogens (primary N) is 1. The van der Waals surface area contributed by atoms with Crippen LogP contribution in [-0.4, -0.2) is 29.3 Å². The fourth-order valence-corrected chi connectivity index (χ4v) is 1.27. The standard InChI is InChI=1S/C9H13F3N4O/c1-5(4-9(10,11)12)14-6-3-7(17-2)16-8(13)15-6/h3,5H,4H2,1-2H3,(H3,13,14,15,16). The fourth-order valence-electron chi connectivity index (χ4n) is 1.27.